The topological polar surface area (TPSA) is 21.3 Å². The molecule has 0 heterocycles. The van der Waals surface area contributed by atoms with Crippen LogP contribution in [0.5, 0.6) is 0 Å². The maximum Gasteiger partial charge on any atom is 0.0488 e. The Morgan fingerprint density at radius 1 is 1.19 bits per heavy atom. The zero-order chi connectivity index (χ0) is 15.7. The lowest BCUT2D eigenvalue weighted by atomic mass is 9.96. The predicted octanol–water partition coefficient (Wildman–Crippen LogP) is 4.67. The molecule has 0 aliphatic rings. The van der Waals surface area contributed by atoms with Gasteiger partial charge in [0.2, 0.25) is 0 Å². The molecule has 1 aromatic carbocycles. The van der Waals surface area contributed by atoms with Crippen molar-refractivity contribution in [3.63, 3.8) is 0 Å². The third kappa shape index (κ3) is 9.28. The molecule has 0 fully saturated rings. The van der Waals surface area contributed by atoms with E-state index in [0.717, 1.165) is 37.1 Å². The lowest BCUT2D eigenvalue weighted by Crippen LogP contribution is -2.30. The standard InChI is InChI=1S/C18H30BrNO/c1-14(2)13-21-9-8-17(12-20-15(3)4)10-16-6-5-7-18(19)11-16/h5-7,11,14-15,17,20H,8-10,12-13H2,1-4H3. The van der Waals surface area contributed by atoms with Crippen LogP contribution in [0.3, 0.4) is 0 Å². The van der Waals surface area contributed by atoms with Gasteiger partial charge in [0.25, 0.3) is 0 Å². The largest absolute Gasteiger partial charge is 0.381 e. The van der Waals surface area contributed by atoms with Gasteiger partial charge in [-0.15, -0.1) is 0 Å². The van der Waals surface area contributed by atoms with Crippen LogP contribution in [-0.4, -0.2) is 25.8 Å². The molecule has 120 valence electrons. The summed E-state index contributed by atoms with van der Waals surface area (Å²) in [5.41, 5.74) is 1.39. The second-order valence-corrected chi connectivity index (χ2v) is 7.44. The van der Waals surface area contributed by atoms with Gasteiger partial charge >= 0.3 is 0 Å². The van der Waals surface area contributed by atoms with E-state index in [4.69, 9.17) is 4.74 Å². The van der Waals surface area contributed by atoms with Crippen molar-refractivity contribution in [2.75, 3.05) is 19.8 Å². The fourth-order valence-electron chi connectivity index (χ4n) is 2.24. The number of hydrogen-bond donors (Lipinski definition) is 1. The molecule has 0 aliphatic heterocycles. The zero-order valence-corrected chi connectivity index (χ0v) is 15.4. The molecule has 0 aromatic heterocycles. The maximum atomic E-state index is 5.76. The first-order chi connectivity index (χ1) is 9.97. The van der Waals surface area contributed by atoms with Gasteiger partial charge in [0.1, 0.15) is 0 Å². The average molecular weight is 356 g/mol. The highest BCUT2D eigenvalue weighted by molar-refractivity contribution is 9.10. The molecule has 0 aliphatic carbocycles. The lowest BCUT2D eigenvalue weighted by molar-refractivity contribution is 0.0973. The summed E-state index contributed by atoms with van der Waals surface area (Å²) in [4.78, 5) is 0. The highest BCUT2D eigenvalue weighted by Gasteiger charge is 2.11. The SMILES string of the molecule is CC(C)COCCC(CNC(C)C)Cc1cccc(Br)c1. The van der Waals surface area contributed by atoms with Crippen LogP contribution < -0.4 is 5.32 Å². The van der Waals surface area contributed by atoms with E-state index in [0.29, 0.717) is 17.9 Å². The summed E-state index contributed by atoms with van der Waals surface area (Å²) in [5, 5.41) is 3.56. The Morgan fingerprint density at radius 2 is 1.95 bits per heavy atom. The highest BCUT2D eigenvalue weighted by atomic mass is 79.9. The third-order valence-corrected chi connectivity index (χ3v) is 3.84. The predicted molar refractivity (Wildman–Crippen MR) is 94.7 cm³/mol. The molecule has 1 aromatic rings. The van der Waals surface area contributed by atoms with Crippen LogP contribution in [0.2, 0.25) is 0 Å². The van der Waals surface area contributed by atoms with Crippen molar-refractivity contribution in [1.82, 2.24) is 5.32 Å². The van der Waals surface area contributed by atoms with Crippen LogP contribution in [0.25, 0.3) is 0 Å². The van der Waals surface area contributed by atoms with E-state index in [9.17, 15) is 0 Å². The number of hydrogen-bond acceptors (Lipinski definition) is 2. The van der Waals surface area contributed by atoms with Gasteiger partial charge in [-0.05, 0) is 48.9 Å². The fraction of sp³-hybridized carbons (Fsp3) is 0.667. The van der Waals surface area contributed by atoms with Crippen molar-refractivity contribution >= 4 is 15.9 Å². The van der Waals surface area contributed by atoms with E-state index in [1.807, 2.05) is 0 Å². The van der Waals surface area contributed by atoms with Gasteiger partial charge in [-0.2, -0.15) is 0 Å². The summed E-state index contributed by atoms with van der Waals surface area (Å²) in [6.45, 7) is 11.6. The van der Waals surface area contributed by atoms with Gasteiger partial charge in [-0.1, -0.05) is 55.8 Å². The Morgan fingerprint density at radius 3 is 2.57 bits per heavy atom. The third-order valence-electron chi connectivity index (χ3n) is 3.35. The number of ether oxygens (including phenoxy) is 1. The molecule has 1 rings (SSSR count). The summed E-state index contributed by atoms with van der Waals surface area (Å²) in [6, 6.07) is 9.16. The highest BCUT2D eigenvalue weighted by Crippen LogP contribution is 2.17. The second kappa shape index (κ2) is 10.4. The van der Waals surface area contributed by atoms with Crippen molar-refractivity contribution in [3.8, 4) is 0 Å². The maximum absolute atomic E-state index is 5.76. The van der Waals surface area contributed by atoms with E-state index in [1.54, 1.807) is 0 Å². The number of rotatable bonds is 10. The fourth-order valence-corrected chi connectivity index (χ4v) is 2.69. The summed E-state index contributed by atoms with van der Waals surface area (Å²) < 4.78 is 6.92. The van der Waals surface area contributed by atoms with Gasteiger partial charge in [-0.25, -0.2) is 0 Å². The van der Waals surface area contributed by atoms with Crippen molar-refractivity contribution in [2.45, 2.75) is 46.6 Å². The molecule has 0 saturated heterocycles. The molecular weight excluding hydrogens is 326 g/mol. The molecular formula is C18H30BrNO. The summed E-state index contributed by atoms with van der Waals surface area (Å²) in [6.07, 6.45) is 2.21. The molecule has 1 unspecified atom stereocenters. The minimum Gasteiger partial charge on any atom is -0.381 e. The molecule has 2 nitrogen and oxygen atoms in total. The lowest BCUT2D eigenvalue weighted by Gasteiger charge is -2.20. The van der Waals surface area contributed by atoms with Gasteiger partial charge in [0, 0.05) is 23.7 Å². The molecule has 21 heavy (non-hydrogen) atoms. The monoisotopic (exact) mass is 355 g/mol. The van der Waals surface area contributed by atoms with Crippen LogP contribution >= 0.6 is 15.9 Å². The van der Waals surface area contributed by atoms with Gasteiger partial charge in [0.15, 0.2) is 0 Å². The average Bonchev–Trinajstić information content (AvgIpc) is 2.40. The smallest absolute Gasteiger partial charge is 0.0488 e. The zero-order valence-electron chi connectivity index (χ0n) is 13.9. The second-order valence-electron chi connectivity index (χ2n) is 6.52. The van der Waals surface area contributed by atoms with Crippen LogP contribution in [-0.2, 0) is 11.2 Å². The molecule has 1 atom stereocenters. The first-order valence-electron chi connectivity index (χ1n) is 8.03. The Balaban J connectivity index is 2.47. The molecule has 1 N–H and O–H groups in total. The molecule has 3 heteroatoms. The van der Waals surface area contributed by atoms with Crippen molar-refractivity contribution in [1.29, 1.82) is 0 Å². The first kappa shape index (κ1) is 18.7. The van der Waals surface area contributed by atoms with E-state index in [1.165, 1.54) is 5.56 Å². The Kier molecular flexibility index (Phi) is 9.21. The molecule has 0 saturated carbocycles. The van der Waals surface area contributed by atoms with Gasteiger partial charge in [-0.3, -0.25) is 0 Å². The Hall–Kier alpha value is -0.380. The van der Waals surface area contributed by atoms with E-state index < -0.39 is 0 Å². The first-order valence-corrected chi connectivity index (χ1v) is 8.82. The summed E-state index contributed by atoms with van der Waals surface area (Å²) in [5.74, 6) is 1.23. The van der Waals surface area contributed by atoms with Crippen LogP contribution in [0.1, 0.15) is 39.7 Å². The summed E-state index contributed by atoms with van der Waals surface area (Å²) >= 11 is 3.55. The molecule has 0 spiro atoms. The minimum atomic E-state index is 0.534. The van der Waals surface area contributed by atoms with Crippen LogP contribution in [0.15, 0.2) is 28.7 Å². The van der Waals surface area contributed by atoms with Crippen LogP contribution in [0, 0.1) is 11.8 Å². The number of benzene rings is 1. The van der Waals surface area contributed by atoms with Crippen molar-refractivity contribution < 1.29 is 4.74 Å². The van der Waals surface area contributed by atoms with Crippen molar-refractivity contribution in [2.24, 2.45) is 11.8 Å². The van der Waals surface area contributed by atoms with Gasteiger partial charge < -0.3 is 10.1 Å². The van der Waals surface area contributed by atoms with E-state index in [-0.39, 0.29) is 0 Å². The van der Waals surface area contributed by atoms with E-state index in [2.05, 4.69) is 73.2 Å². The quantitative estimate of drug-likeness (QED) is 0.615. The summed E-state index contributed by atoms with van der Waals surface area (Å²) in [7, 11) is 0. The molecule has 0 amide bonds. The number of halogens is 1. The van der Waals surface area contributed by atoms with Crippen molar-refractivity contribution in [3.05, 3.63) is 34.3 Å². The Labute approximate surface area is 138 Å². The Bertz CT molecular complexity index is 393. The molecule has 0 bridgehead atoms. The normalized spacial score (nSPS) is 13.1. The minimum absolute atomic E-state index is 0.534. The van der Waals surface area contributed by atoms with Crippen LogP contribution in [0.4, 0.5) is 0 Å². The van der Waals surface area contributed by atoms with Gasteiger partial charge in [0.05, 0.1) is 0 Å². The van der Waals surface area contributed by atoms with E-state index >= 15 is 0 Å². The molecule has 0 radical (unpaired) electrons. The number of nitrogens with one attached hydrogen (secondary N) is 1.